The molecule has 0 unspecified atom stereocenters. The van der Waals surface area contributed by atoms with Crippen LogP contribution in [0.5, 0.6) is 0 Å². The van der Waals surface area contributed by atoms with Crippen LogP contribution in [0, 0.1) is 0 Å². The Kier molecular flexibility index (Phi) is 5.36. The molecule has 0 spiro atoms. The zero-order valence-electron chi connectivity index (χ0n) is 15.0. The molecule has 0 aromatic carbocycles. The second-order valence-corrected chi connectivity index (χ2v) is 6.61. The van der Waals surface area contributed by atoms with E-state index in [-0.39, 0.29) is 17.9 Å². The first kappa shape index (κ1) is 17.5. The molecule has 0 bridgehead atoms. The summed E-state index contributed by atoms with van der Waals surface area (Å²) in [7, 11) is 0. The molecule has 1 atom stereocenters. The van der Waals surface area contributed by atoms with E-state index in [0.29, 0.717) is 12.2 Å². The van der Waals surface area contributed by atoms with Crippen LogP contribution in [0.25, 0.3) is 5.52 Å². The molecule has 2 amide bonds. The molecule has 0 aliphatic carbocycles. The Balaban J connectivity index is 1.90. The van der Waals surface area contributed by atoms with Crippen LogP contribution in [-0.4, -0.2) is 39.2 Å². The van der Waals surface area contributed by atoms with Crippen molar-refractivity contribution in [3.05, 3.63) is 35.9 Å². The minimum Gasteiger partial charge on any atom is -0.351 e. The highest BCUT2D eigenvalue weighted by Gasteiger charge is 2.32. The van der Waals surface area contributed by atoms with Crippen LogP contribution in [0.15, 0.2) is 24.4 Å². The lowest BCUT2D eigenvalue weighted by atomic mass is 10.2. The number of nitrogens with one attached hydrogen (secondary N) is 1. The quantitative estimate of drug-likeness (QED) is 0.821. The van der Waals surface area contributed by atoms with E-state index in [2.05, 4.69) is 17.2 Å². The Bertz CT molecular complexity index is 768. The number of hydrogen-bond acceptors (Lipinski definition) is 3. The van der Waals surface area contributed by atoms with Gasteiger partial charge in [-0.2, -0.15) is 0 Å². The van der Waals surface area contributed by atoms with E-state index in [1.807, 2.05) is 33.7 Å². The zero-order chi connectivity index (χ0) is 17.8. The first-order valence-electron chi connectivity index (χ1n) is 9.16. The van der Waals surface area contributed by atoms with Gasteiger partial charge >= 0.3 is 0 Å². The number of carbonyl (C=O) groups excluding carboxylic acids is 2. The summed E-state index contributed by atoms with van der Waals surface area (Å²) in [5.41, 5.74) is 1.24. The van der Waals surface area contributed by atoms with Gasteiger partial charge in [-0.25, -0.2) is 4.98 Å². The first-order chi connectivity index (χ1) is 12.1. The van der Waals surface area contributed by atoms with Gasteiger partial charge in [0.1, 0.15) is 5.82 Å². The molecule has 2 aromatic rings. The van der Waals surface area contributed by atoms with Gasteiger partial charge in [0.05, 0.1) is 11.6 Å². The third-order valence-electron chi connectivity index (χ3n) is 4.81. The molecule has 25 heavy (non-hydrogen) atoms. The number of amides is 2. The van der Waals surface area contributed by atoms with Crippen molar-refractivity contribution in [1.82, 2.24) is 19.6 Å². The number of aromatic nitrogens is 2. The van der Waals surface area contributed by atoms with Crippen molar-refractivity contribution in [2.75, 3.05) is 13.1 Å². The molecule has 2 aromatic heterocycles. The summed E-state index contributed by atoms with van der Waals surface area (Å²) in [6.45, 7) is 5.14. The molecular formula is C19H26N4O2. The summed E-state index contributed by atoms with van der Waals surface area (Å²) in [5, 5.41) is 2.97. The number of hydrogen-bond donors (Lipinski definition) is 1. The summed E-state index contributed by atoms with van der Waals surface area (Å²) >= 11 is 0. The smallest absolute Gasteiger partial charge is 0.272 e. The van der Waals surface area contributed by atoms with Crippen molar-refractivity contribution in [2.45, 2.75) is 52.0 Å². The fourth-order valence-electron chi connectivity index (χ4n) is 3.54. The third-order valence-corrected chi connectivity index (χ3v) is 4.81. The number of imidazole rings is 1. The Labute approximate surface area is 148 Å². The van der Waals surface area contributed by atoms with E-state index < -0.39 is 0 Å². The van der Waals surface area contributed by atoms with Crippen molar-refractivity contribution >= 4 is 17.3 Å². The predicted molar refractivity (Wildman–Crippen MR) is 96.4 cm³/mol. The lowest BCUT2D eigenvalue weighted by Gasteiger charge is -2.22. The van der Waals surface area contributed by atoms with Gasteiger partial charge in [-0.1, -0.05) is 25.8 Å². The number of carbonyl (C=O) groups is 2. The number of rotatable bonds is 6. The Hall–Kier alpha value is -2.37. The largest absolute Gasteiger partial charge is 0.351 e. The third kappa shape index (κ3) is 3.52. The van der Waals surface area contributed by atoms with Crippen LogP contribution in [0.2, 0.25) is 0 Å². The molecule has 0 saturated carbocycles. The van der Waals surface area contributed by atoms with Crippen LogP contribution >= 0.6 is 0 Å². The summed E-state index contributed by atoms with van der Waals surface area (Å²) < 4.78 is 1.95. The average molecular weight is 342 g/mol. The summed E-state index contributed by atoms with van der Waals surface area (Å²) in [5.74, 6) is 0.696. The van der Waals surface area contributed by atoms with E-state index in [4.69, 9.17) is 0 Å². The number of fused-ring (bicyclic) bond motifs is 1. The summed E-state index contributed by atoms with van der Waals surface area (Å²) in [6.07, 6.45) is 6.96. The van der Waals surface area contributed by atoms with Crippen LogP contribution in [-0.2, 0) is 4.79 Å². The zero-order valence-corrected chi connectivity index (χ0v) is 15.0. The topological polar surface area (TPSA) is 66.7 Å². The van der Waals surface area contributed by atoms with Gasteiger partial charge in [0.15, 0.2) is 5.69 Å². The highest BCUT2D eigenvalue weighted by atomic mass is 16.2. The highest BCUT2D eigenvalue weighted by molar-refractivity contribution is 5.99. The maximum Gasteiger partial charge on any atom is 0.272 e. The van der Waals surface area contributed by atoms with Crippen molar-refractivity contribution in [1.29, 1.82) is 0 Å². The van der Waals surface area contributed by atoms with Gasteiger partial charge in [0, 0.05) is 26.2 Å². The maximum atomic E-state index is 12.6. The molecule has 1 N–H and O–H groups in total. The van der Waals surface area contributed by atoms with E-state index in [9.17, 15) is 9.59 Å². The molecule has 0 radical (unpaired) electrons. The monoisotopic (exact) mass is 342 g/mol. The van der Waals surface area contributed by atoms with Crippen LogP contribution in [0.3, 0.4) is 0 Å². The van der Waals surface area contributed by atoms with Crippen LogP contribution in [0.1, 0.15) is 68.3 Å². The highest BCUT2D eigenvalue weighted by Crippen LogP contribution is 2.32. The fourth-order valence-corrected chi connectivity index (χ4v) is 3.54. The van der Waals surface area contributed by atoms with E-state index in [0.717, 1.165) is 50.0 Å². The molecule has 6 heteroatoms. The standard InChI is InChI=1S/C19H26N4O2/c1-3-4-6-11-20-19(25)17-15-9-5-7-12-23(15)18(21-17)16-10-8-13-22(16)14(2)24/h5,7,9,12,16H,3-4,6,8,10-11,13H2,1-2H3,(H,20,25)/t16-/m0/s1. The Morgan fingerprint density at radius 2 is 2.16 bits per heavy atom. The van der Waals surface area contributed by atoms with Crippen LogP contribution in [0.4, 0.5) is 0 Å². The summed E-state index contributed by atoms with van der Waals surface area (Å²) in [4.78, 5) is 31.0. The molecule has 3 rings (SSSR count). The Morgan fingerprint density at radius 3 is 2.92 bits per heavy atom. The van der Waals surface area contributed by atoms with Crippen molar-refractivity contribution in [3.63, 3.8) is 0 Å². The molecule has 6 nitrogen and oxygen atoms in total. The molecule has 1 aliphatic rings. The summed E-state index contributed by atoms with van der Waals surface area (Å²) in [6, 6.07) is 5.68. The van der Waals surface area contributed by atoms with Crippen molar-refractivity contribution in [3.8, 4) is 0 Å². The molecule has 1 fully saturated rings. The normalized spacial score (nSPS) is 17.2. The molecule has 3 heterocycles. The molecule has 1 aliphatic heterocycles. The van der Waals surface area contributed by atoms with Gasteiger partial charge in [-0.15, -0.1) is 0 Å². The van der Waals surface area contributed by atoms with E-state index in [1.54, 1.807) is 6.92 Å². The van der Waals surface area contributed by atoms with E-state index >= 15 is 0 Å². The molecule has 134 valence electrons. The number of pyridine rings is 1. The van der Waals surface area contributed by atoms with Gasteiger partial charge in [-0.05, 0) is 31.4 Å². The van der Waals surface area contributed by atoms with Gasteiger partial charge in [0.2, 0.25) is 5.91 Å². The molecular weight excluding hydrogens is 316 g/mol. The average Bonchev–Trinajstić information content (AvgIpc) is 3.23. The lowest BCUT2D eigenvalue weighted by molar-refractivity contribution is -0.129. The predicted octanol–water partition coefficient (Wildman–Crippen LogP) is 2.94. The van der Waals surface area contributed by atoms with Crippen LogP contribution < -0.4 is 5.32 Å². The number of nitrogens with zero attached hydrogens (tertiary/aromatic N) is 3. The first-order valence-corrected chi connectivity index (χ1v) is 9.16. The number of likely N-dealkylation sites (tertiary alicyclic amines) is 1. The minimum absolute atomic E-state index is 0.0562. The lowest BCUT2D eigenvalue weighted by Crippen LogP contribution is -2.29. The second kappa shape index (κ2) is 7.68. The SMILES string of the molecule is CCCCCNC(=O)c1nc([C@@H]2CCCN2C(C)=O)n2ccccc12. The maximum absolute atomic E-state index is 12.6. The Morgan fingerprint density at radius 1 is 1.32 bits per heavy atom. The number of unbranched alkanes of at least 4 members (excludes halogenated alkanes) is 2. The fraction of sp³-hybridized carbons (Fsp3) is 0.526. The van der Waals surface area contributed by atoms with Gasteiger partial charge < -0.3 is 14.6 Å². The van der Waals surface area contributed by atoms with E-state index in [1.165, 1.54) is 0 Å². The minimum atomic E-state index is -0.140. The second-order valence-electron chi connectivity index (χ2n) is 6.61. The molecule has 1 saturated heterocycles. The van der Waals surface area contributed by atoms with Gasteiger partial charge in [-0.3, -0.25) is 9.59 Å². The van der Waals surface area contributed by atoms with Crippen molar-refractivity contribution < 1.29 is 9.59 Å². The van der Waals surface area contributed by atoms with Crippen molar-refractivity contribution in [2.24, 2.45) is 0 Å². The van der Waals surface area contributed by atoms with Gasteiger partial charge in [0.25, 0.3) is 5.91 Å².